The van der Waals surface area contributed by atoms with Gasteiger partial charge in [-0.15, -0.1) is 0 Å². The normalized spacial score (nSPS) is 18.8. The fourth-order valence-corrected chi connectivity index (χ4v) is 3.71. The summed E-state index contributed by atoms with van der Waals surface area (Å²) in [4.78, 5) is 28.6. The summed E-state index contributed by atoms with van der Waals surface area (Å²) in [6.07, 6.45) is 3.87. The molecule has 1 N–H and O–H groups in total. The van der Waals surface area contributed by atoms with Gasteiger partial charge in [0.05, 0.1) is 5.69 Å². The van der Waals surface area contributed by atoms with E-state index < -0.39 is 17.6 Å². The van der Waals surface area contributed by atoms with Crippen molar-refractivity contribution in [1.82, 2.24) is 5.32 Å². The summed E-state index contributed by atoms with van der Waals surface area (Å²) in [5, 5.41) is 2.33. The van der Waals surface area contributed by atoms with Crippen LogP contribution >= 0.6 is 12.2 Å². The number of nitrogens with one attached hydrogen (secondary N) is 1. The van der Waals surface area contributed by atoms with Crippen LogP contribution in [0.4, 0.5) is 15.8 Å². The topological polar surface area (TPSA) is 52.7 Å². The van der Waals surface area contributed by atoms with E-state index in [1.807, 2.05) is 24.3 Å². The molecule has 2 aromatic carbocycles. The van der Waals surface area contributed by atoms with Gasteiger partial charge in [0.25, 0.3) is 11.8 Å². The summed E-state index contributed by atoms with van der Waals surface area (Å²) < 4.78 is 14.2. The SMILES string of the molecule is O=C1NC(=S)N(c2ccccc2F)C(=O)C1=Cc1ccc(N2CCCC2)cc1. The number of carbonyl (C=O) groups excluding carboxylic acids is 2. The lowest BCUT2D eigenvalue weighted by molar-refractivity contribution is -0.122. The van der Waals surface area contributed by atoms with E-state index in [0.717, 1.165) is 23.7 Å². The summed E-state index contributed by atoms with van der Waals surface area (Å²) in [6.45, 7) is 2.08. The molecule has 0 unspecified atom stereocenters. The molecule has 0 radical (unpaired) electrons. The summed E-state index contributed by atoms with van der Waals surface area (Å²) >= 11 is 5.09. The van der Waals surface area contributed by atoms with Crippen molar-refractivity contribution in [3.8, 4) is 0 Å². The number of hydrogen-bond donors (Lipinski definition) is 1. The average molecular weight is 395 g/mol. The van der Waals surface area contributed by atoms with E-state index >= 15 is 0 Å². The maximum Gasteiger partial charge on any atom is 0.270 e. The molecule has 0 atom stereocenters. The number of rotatable bonds is 3. The Morgan fingerprint density at radius 3 is 2.36 bits per heavy atom. The number of halogens is 1. The van der Waals surface area contributed by atoms with Gasteiger partial charge in [0.2, 0.25) is 0 Å². The van der Waals surface area contributed by atoms with Gasteiger partial charge in [-0.25, -0.2) is 9.29 Å². The van der Waals surface area contributed by atoms with Crippen molar-refractivity contribution >= 4 is 46.6 Å². The molecule has 2 heterocycles. The highest BCUT2D eigenvalue weighted by molar-refractivity contribution is 7.80. The number of carbonyl (C=O) groups is 2. The van der Waals surface area contributed by atoms with Crippen LogP contribution in [-0.2, 0) is 9.59 Å². The molecule has 2 saturated heterocycles. The van der Waals surface area contributed by atoms with Crippen LogP contribution in [0.2, 0.25) is 0 Å². The Morgan fingerprint density at radius 2 is 1.68 bits per heavy atom. The fraction of sp³-hybridized carbons (Fsp3) is 0.190. The molecule has 142 valence electrons. The zero-order chi connectivity index (χ0) is 19.7. The van der Waals surface area contributed by atoms with Crippen LogP contribution in [0.15, 0.2) is 54.1 Å². The van der Waals surface area contributed by atoms with Crippen LogP contribution in [0.5, 0.6) is 0 Å². The highest BCUT2D eigenvalue weighted by Gasteiger charge is 2.35. The van der Waals surface area contributed by atoms with E-state index in [1.54, 1.807) is 6.07 Å². The number of amides is 2. The van der Waals surface area contributed by atoms with E-state index in [1.165, 1.54) is 37.1 Å². The second kappa shape index (κ2) is 7.52. The summed E-state index contributed by atoms with van der Waals surface area (Å²) in [5.74, 6) is -1.84. The minimum Gasteiger partial charge on any atom is -0.372 e. The summed E-state index contributed by atoms with van der Waals surface area (Å²) in [7, 11) is 0. The molecular weight excluding hydrogens is 377 g/mol. The van der Waals surface area contributed by atoms with Gasteiger partial charge in [0.1, 0.15) is 11.4 Å². The highest BCUT2D eigenvalue weighted by Crippen LogP contribution is 2.25. The highest BCUT2D eigenvalue weighted by atomic mass is 32.1. The largest absolute Gasteiger partial charge is 0.372 e. The van der Waals surface area contributed by atoms with E-state index in [9.17, 15) is 14.0 Å². The van der Waals surface area contributed by atoms with Gasteiger partial charge in [-0.05, 0) is 61.0 Å². The lowest BCUT2D eigenvalue weighted by atomic mass is 10.1. The first-order valence-electron chi connectivity index (χ1n) is 9.05. The van der Waals surface area contributed by atoms with E-state index in [4.69, 9.17) is 12.2 Å². The fourth-order valence-electron chi connectivity index (χ4n) is 3.43. The maximum absolute atomic E-state index is 14.2. The second-order valence-electron chi connectivity index (χ2n) is 6.69. The second-order valence-corrected chi connectivity index (χ2v) is 7.08. The van der Waals surface area contributed by atoms with Crippen molar-refractivity contribution in [2.24, 2.45) is 0 Å². The van der Waals surface area contributed by atoms with Crippen LogP contribution in [0, 0.1) is 5.82 Å². The van der Waals surface area contributed by atoms with Crippen molar-refractivity contribution in [2.45, 2.75) is 12.8 Å². The van der Waals surface area contributed by atoms with Gasteiger partial charge in [-0.1, -0.05) is 24.3 Å². The third kappa shape index (κ3) is 3.41. The first kappa shape index (κ1) is 18.3. The molecule has 28 heavy (non-hydrogen) atoms. The summed E-state index contributed by atoms with van der Waals surface area (Å²) in [5.41, 5.74) is 1.74. The lowest BCUT2D eigenvalue weighted by Crippen LogP contribution is -2.54. The Balaban J connectivity index is 1.64. The van der Waals surface area contributed by atoms with Crippen LogP contribution < -0.4 is 15.1 Å². The van der Waals surface area contributed by atoms with Gasteiger partial charge in [0.15, 0.2) is 5.11 Å². The molecule has 0 aromatic heterocycles. The number of benzene rings is 2. The molecular formula is C21H18FN3O2S. The maximum atomic E-state index is 14.2. The number of thiocarbonyl (C=S) groups is 1. The number of hydrogen-bond acceptors (Lipinski definition) is 4. The third-order valence-corrected chi connectivity index (χ3v) is 5.15. The van der Waals surface area contributed by atoms with Crippen molar-refractivity contribution in [3.63, 3.8) is 0 Å². The Labute approximate surface area is 167 Å². The Morgan fingerprint density at radius 1 is 1.00 bits per heavy atom. The molecule has 7 heteroatoms. The van der Waals surface area contributed by atoms with E-state index in [2.05, 4.69) is 10.2 Å². The van der Waals surface area contributed by atoms with Crippen molar-refractivity contribution in [1.29, 1.82) is 0 Å². The molecule has 4 rings (SSSR count). The van der Waals surface area contributed by atoms with Gasteiger partial charge < -0.3 is 4.90 Å². The standard InChI is InChI=1S/C21H18FN3O2S/c22-17-5-1-2-6-18(17)25-20(27)16(19(26)23-21(25)28)13-14-7-9-15(10-8-14)24-11-3-4-12-24/h1-2,5-10,13H,3-4,11-12H2,(H,23,26,28). The van der Waals surface area contributed by atoms with Gasteiger partial charge in [0, 0.05) is 18.8 Å². The van der Waals surface area contributed by atoms with Gasteiger partial charge in [-0.2, -0.15) is 0 Å². The predicted molar refractivity (Wildman–Crippen MR) is 110 cm³/mol. The first-order valence-corrected chi connectivity index (χ1v) is 9.46. The van der Waals surface area contributed by atoms with Crippen LogP contribution in [-0.4, -0.2) is 30.0 Å². The van der Waals surface area contributed by atoms with Crippen LogP contribution in [0.25, 0.3) is 6.08 Å². The first-order chi connectivity index (χ1) is 13.5. The molecule has 2 amide bonds. The number of anilines is 2. The molecule has 2 aliphatic rings. The Kier molecular flexibility index (Phi) is 4.92. The average Bonchev–Trinajstić information content (AvgIpc) is 3.22. The third-order valence-electron chi connectivity index (χ3n) is 4.87. The van der Waals surface area contributed by atoms with Crippen molar-refractivity contribution in [2.75, 3.05) is 22.9 Å². The van der Waals surface area contributed by atoms with E-state index in [-0.39, 0.29) is 16.4 Å². The minimum absolute atomic E-state index is 0.00720. The summed E-state index contributed by atoms with van der Waals surface area (Å²) in [6, 6.07) is 13.5. The Bertz CT molecular complexity index is 981. The van der Waals surface area contributed by atoms with Crippen molar-refractivity contribution in [3.05, 3.63) is 65.5 Å². The van der Waals surface area contributed by atoms with Gasteiger partial charge in [-0.3, -0.25) is 14.9 Å². The van der Waals surface area contributed by atoms with Crippen LogP contribution in [0.1, 0.15) is 18.4 Å². The predicted octanol–water partition coefficient (Wildman–Crippen LogP) is 3.26. The Hall–Kier alpha value is -3.06. The lowest BCUT2D eigenvalue weighted by Gasteiger charge is -2.29. The smallest absolute Gasteiger partial charge is 0.270 e. The molecule has 2 aromatic rings. The van der Waals surface area contributed by atoms with E-state index in [0.29, 0.717) is 5.56 Å². The van der Waals surface area contributed by atoms with Crippen LogP contribution in [0.3, 0.4) is 0 Å². The monoisotopic (exact) mass is 395 g/mol. The number of para-hydroxylation sites is 1. The van der Waals surface area contributed by atoms with Crippen molar-refractivity contribution < 1.29 is 14.0 Å². The quantitative estimate of drug-likeness (QED) is 0.492. The molecule has 5 nitrogen and oxygen atoms in total. The molecule has 0 saturated carbocycles. The molecule has 2 fully saturated rings. The molecule has 0 spiro atoms. The minimum atomic E-state index is -0.650. The molecule has 2 aliphatic heterocycles. The van der Waals surface area contributed by atoms with Gasteiger partial charge >= 0.3 is 0 Å². The number of nitrogens with zero attached hydrogens (tertiary/aromatic N) is 2. The molecule has 0 bridgehead atoms. The molecule has 0 aliphatic carbocycles. The zero-order valence-electron chi connectivity index (χ0n) is 15.0. The zero-order valence-corrected chi connectivity index (χ0v) is 15.8.